The quantitative estimate of drug-likeness (QED) is 0.310. The molecule has 0 aliphatic rings. The Labute approximate surface area is 180 Å². The molecule has 1 aromatic carbocycles. The SMILES string of the molecule is CC(C)Oc1cc(N=C(N)c2ccccn2)ccc1-c1ccc(-c2ccco2)o1.Cl. The van der Waals surface area contributed by atoms with Crippen molar-refractivity contribution < 1.29 is 13.6 Å². The maximum absolute atomic E-state index is 6.10. The van der Waals surface area contributed by atoms with Crippen molar-refractivity contribution >= 4 is 23.9 Å². The van der Waals surface area contributed by atoms with Crippen molar-refractivity contribution in [2.24, 2.45) is 10.7 Å². The van der Waals surface area contributed by atoms with Crippen molar-refractivity contribution in [3.05, 3.63) is 78.8 Å². The molecule has 4 rings (SSSR count). The van der Waals surface area contributed by atoms with Crippen LogP contribution in [-0.4, -0.2) is 16.9 Å². The van der Waals surface area contributed by atoms with E-state index in [2.05, 4.69) is 9.98 Å². The lowest BCUT2D eigenvalue weighted by Crippen LogP contribution is -2.14. The Hall–Kier alpha value is -3.51. The second kappa shape index (κ2) is 9.33. The molecule has 0 aliphatic carbocycles. The topological polar surface area (TPSA) is 86.8 Å². The first-order valence-corrected chi connectivity index (χ1v) is 9.30. The standard InChI is InChI=1S/C23H21N3O3.ClH/c1-15(2)28-22-14-16(26-23(24)18-6-3-4-12-25-18)8-9-17(22)19-10-11-21(29-19)20-7-5-13-27-20;/h3-15H,1-2H3,(H2,24,26);1H. The van der Waals surface area contributed by atoms with E-state index in [0.29, 0.717) is 40.2 Å². The van der Waals surface area contributed by atoms with Gasteiger partial charge in [-0.15, -0.1) is 12.4 Å². The summed E-state index contributed by atoms with van der Waals surface area (Å²) in [6.45, 7) is 3.94. The third-order valence-electron chi connectivity index (χ3n) is 4.14. The second-order valence-electron chi connectivity index (χ2n) is 6.70. The summed E-state index contributed by atoms with van der Waals surface area (Å²) in [5.74, 6) is 3.01. The molecule has 4 aromatic rings. The Morgan fingerprint density at radius 1 is 1.00 bits per heavy atom. The molecule has 0 spiro atoms. The maximum atomic E-state index is 6.10. The molecule has 3 heterocycles. The largest absolute Gasteiger partial charge is 0.490 e. The summed E-state index contributed by atoms with van der Waals surface area (Å²) < 4.78 is 17.4. The van der Waals surface area contributed by atoms with E-state index in [1.54, 1.807) is 12.5 Å². The third-order valence-corrected chi connectivity index (χ3v) is 4.14. The molecule has 0 fully saturated rings. The Bertz CT molecular complexity index is 1120. The predicted molar refractivity (Wildman–Crippen MR) is 119 cm³/mol. The van der Waals surface area contributed by atoms with Gasteiger partial charge >= 0.3 is 0 Å². The maximum Gasteiger partial charge on any atom is 0.170 e. The van der Waals surface area contributed by atoms with E-state index in [0.717, 1.165) is 5.56 Å². The van der Waals surface area contributed by atoms with E-state index in [4.69, 9.17) is 19.3 Å². The molecule has 0 atom stereocenters. The van der Waals surface area contributed by atoms with Gasteiger partial charge in [-0.2, -0.15) is 0 Å². The fraction of sp³-hybridized carbons (Fsp3) is 0.130. The average molecular weight is 424 g/mol. The average Bonchev–Trinajstić information content (AvgIpc) is 3.40. The van der Waals surface area contributed by atoms with Gasteiger partial charge in [-0.05, 0) is 62.4 Å². The number of hydrogen-bond acceptors (Lipinski definition) is 5. The van der Waals surface area contributed by atoms with Crippen LogP contribution in [-0.2, 0) is 0 Å². The number of hydrogen-bond donors (Lipinski definition) is 1. The number of nitrogens with two attached hydrogens (primary N) is 1. The van der Waals surface area contributed by atoms with Crippen LogP contribution >= 0.6 is 12.4 Å². The lowest BCUT2D eigenvalue weighted by atomic mass is 10.1. The number of benzene rings is 1. The molecule has 0 bridgehead atoms. The number of pyridine rings is 1. The zero-order valence-electron chi connectivity index (χ0n) is 16.6. The van der Waals surface area contributed by atoms with Gasteiger partial charge in [0.25, 0.3) is 0 Å². The summed E-state index contributed by atoms with van der Waals surface area (Å²) in [6, 6.07) is 18.6. The van der Waals surface area contributed by atoms with Crippen molar-refractivity contribution in [1.29, 1.82) is 0 Å². The Morgan fingerprint density at radius 2 is 1.83 bits per heavy atom. The van der Waals surface area contributed by atoms with Crippen LogP contribution in [0.3, 0.4) is 0 Å². The first-order valence-electron chi connectivity index (χ1n) is 9.30. The molecular formula is C23H22ClN3O3. The molecule has 30 heavy (non-hydrogen) atoms. The van der Waals surface area contributed by atoms with E-state index in [1.807, 2.05) is 74.5 Å². The highest BCUT2D eigenvalue weighted by Crippen LogP contribution is 2.37. The molecule has 0 saturated carbocycles. The fourth-order valence-electron chi connectivity index (χ4n) is 2.88. The zero-order chi connectivity index (χ0) is 20.2. The summed E-state index contributed by atoms with van der Waals surface area (Å²) in [4.78, 5) is 8.71. The molecule has 3 aromatic heterocycles. The summed E-state index contributed by atoms with van der Waals surface area (Å²) in [5.41, 5.74) is 8.22. The monoisotopic (exact) mass is 423 g/mol. The Morgan fingerprint density at radius 3 is 2.53 bits per heavy atom. The summed E-state index contributed by atoms with van der Waals surface area (Å²) in [5, 5.41) is 0. The third kappa shape index (κ3) is 4.72. The number of furan rings is 2. The number of aromatic nitrogens is 1. The van der Waals surface area contributed by atoms with Gasteiger partial charge in [0.1, 0.15) is 23.0 Å². The number of rotatable bonds is 6. The van der Waals surface area contributed by atoms with Gasteiger partial charge < -0.3 is 19.3 Å². The lowest BCUT2D eigenvalue weighted by molar-refractivity contribution is 0.243. The van der Waals surface area contributed by atoms with E-state index < -0.39 is 0 Å². The van der Waals surface area contributed by atoms with Gasteiger partial charge in [-0.25, -0.2) is 4.99 Å². The van der Waals surface area contributed by atoms with Crippen LogP contribution in [0.25, 0.3) is 22.8 Å². The van der Waals surface area contributed by atoms with Gasteiger partial charge in [0.2, 0.25) is 0 Å². The van der Waals surface area contributed by atoms with E-state index in [1.165, 1.54) is 0 Å². The first-order chi connectivity index (χ1) is 14.1. The van der Waals surface area contributed by atoms with Crippen molar-refractivity contribution in [1.82, 2.24) is 4.98 Å². The Kier molecular flexibility index (Phi) is 6.59. The zero-order valence-corrected chi connectivity index (χ0v) is 17.4. The van der Waals surface area contributed by atoms with Crippen LogP contribution < -0.4 is 10.5 Å². The summed E-state index contributed by atoms with van der Waals surface area (Å²) in [7, 11) is 0. The highest BCUT2D eigenvalue weighted by atomic mass is 35.5. The van der Waals surface area contributed by atoms with Gasteiger partial charge in [-0.3, -0.25) is 4.98 Å². The second-order valence-corrected chi connectivity index (χ2v) is 6.70. The molecule has 0 aliphatic heterocycles. The van der Waals surface area contributed by atoms with Crippen molar-refractivity contribution in [2.75, 3.05) is 0 Å². The van der Waals surface area contributed by atoms with Crippen LogP contribution in [0.2, 0.25) is 0 Å². The van der Waals surface area contributed by atoms with Crippen LogP contribution in [0.1, 0.15) is 19.5 Å². The smallest absolute Gasteiger partial charge is 0.170 e. The normalized spacial score (nSPS) is 11.4. The molecule has 2 N–H and O–H groups in total. The Balaban J connectivity index is 0.00000256. The number of aliphatic imine (C=N–C) groups is 1. The van der Waals surface area contributed by atoms with E-state index in [9.17, 15) is 0 Å². The van der Waals surface area contributed by atoms with Gasteiger partial charge in [0.05, 0.1) is 23.6 Å². The van der Waals surface area contributed by atoms with E-state index >= 15 is 0 Å². The number of amidine groups is 1. The molecule has 0 radical (unpaired) electrons. The molecule has 0 saturated heterocycles. The predicted octanol–water partition coefficient (Wildman–Crippen LogP) is 5.85. The molecule has 0 amide bonds. The highest BCUT2D eigenvalue weighted by molar-refractivity contribution is 5.97. The molecule has 6 nitrogen and oxygen atoms in total. The lowest BCUT2D eigenvalue weighted by Gasteiger charge is -2.14. The number of nitrogens with zero attached hydrogens (tertiary/aromatic N) is 2. The molecule has 154 valence electrons. The summed E-state index contributed by atoms with van der Waals surface area (Å²) in [6.07, 6.45) is 3.28. The van der Waals surface area contributed by atoms with Crippen molar-refractivity contribution in [2.45, 2.75) is 20.0 Å². The minimum atomic E-state index is -0.0133. The van der Waals surface area contributed by atoms with Crippen LogP contribution in [0.5, 0.6) is 5.75 Å². The number of ether oxygens (including phenoxy) is 1. The van der Waals surface area contributed by atoms with Gasteiger partial charge in [0.15, 0.2) is 11.5 Å². The first kappa shape index (κ1) is 21.2. The molecule has 0 unspecified atom stereocenters. The van der Waals surface area contributed by atoms with Gasteiger partial charge in [0, 0.05) is 12.3 Å². The van der Waals surface area contributed by atoms with Crippen molar-refractivity contribution in [3.63, 3.8) is 0 Å². The van der Waals surface area contributed by atoms with E-state index in [-0.39, 0.29) is 18.5 Å². The molecule has 7 heteroatoms. The number of halogens is 1. The molecular weight excluding hydrogens is 402 g/mol. The summed E-state index contributed by atoms with van der Waals surface area (Å²) >= 11 is 0. The van der Waals surface area contributed by atoms with Crippen LogP contribution in [0.4, 0.5) is 5.69 Å². The minimum absolute atomic E-state index is 0. The highest BCUT2D eigenvalue weighted by Gasteiger charge is 2.15. The van der Waals surface area contributed by atoms with Crippen LogP contribution in [0, 0.1) is 0 Å². The minimum Gasteiger partial charge on any atom is -0.490 e. The fourth-order valence-corrected chi connectivity index (χ4v) is 2.88. The van der Waals surface area contributed by atoms with Crippen molar-refractivity contribution in [3.8, 4) is 28.6 Å². The van der Waals surface area contributed by atoms with Crippen LogP contribution in [0.15, 0.2) is 87.0 Å². The van der Waals surface area contributed by atoms with Gasteiger partial charge in [-0.1, -0.05) is 6.07 Å².